The average Bonchev–Trinajstić information content (AvgIpc) is 3.62. The molecule has 0 unspecified atom stereocenters. The number of piperidine rings is 2. The molecule has 1 atom stereocenters. The summed E-state index contributed by atoms with van der Waals surface area (Å²) in [5.74, 6) is 0.746. The predicted octanol–water partition coefficient (Wildman–Crippen LogP) is 2.96. The smallest absolute Gasteiger partial charge is 0.253 e. The van der Waals surface area contributed by atoms with Crippen molar-refractivity contribution in [1.82, 2.24) is 15.1 Å². The molecule has 162 valence electrons. The molecule has 4 rings (SSSR count). The lowest BCUT2D eigenvalue weighted by Gasteiger charge is -2.37. The second-order valence-electron chi connectivity index (χ2n) is 8.89. The Labute approximate surface area is 182 Å². The van der Waals surface area contributed by atoms with Gasteiger partial charge in [0.15, 0.2) is 0 Å². The van der Waals surface area contributed by atoms with E-state index in [1.54, 1.807) is 24.3 Å². The van der Waals surface area contributed by atoms with Crippen molar-refractivity contribution in [2.75, 3.05) is 32.7 Å². The van der Waals surface area contributed by atoms with E-state index in [1.165, 1.54) is 12.8 Å². The highest BCUT2D eigenvalue weighted by Gasteiger charge is 2.34. The quantitative estimate of drug-likeness (QED) is 0.779. The number of amides is 3. The molecule has 1 saturated carbocycles. The van der Waals surface area contributed by atoms with Gasteiger partial charge in [0.05, 0.1) is 5.92 Å². The van der Waals surface area contributed by atoms with Crippen LogP contribution in [0, 0.1) is 17.8 Å². The number of benzene rings is 1. The molecule has 1 aromatic carbocycles. The first-order chi connectivity index (χ1) is 14.5. The number of likely N-dealkylation sites (tertiary alicyclic amines) is 2. The van der Waals surface area contributed by atoms with Crippen LogP contribution in [-0.4, -0.2) is 60.2 Å². The standard InChI is InChI=1S/C23H30ClN3O3/c24-20-7-5-17(6-8-20)22(29)26-12-9-18(10-13-26)23(30)27-11-1-2-19(15-27)21(28)25-14-16-3-4-16/h5-8,16,18-19H,1-4,9-15H2,(H,25,28)/t19-/m1/s1. The van der Waals surface area contributed by atoms with E-state index in [1.807, 2.05) is 9.80 Å². The molecule has 3 amide bonds. The van der Waals surface area contributed by atoms with Crippen LogP contribution >= 0.6 is 11.6 Å². The minimum Gasteiger partial charge on any atom is -0.356 e. The van der Waals surface area contributed by atoms with Crippen molar-refractivity contribution in [3.05, 3.63) is 34.9 Å². The van der Waals surface area contributed by atoms with Crippen LogP contribution < -0.4 is 5.32 Å². The molecule has 0 radical (unpaired) electrons. The zero-order valence-electron chi connectivity index (χ0n) is 17.3. The van der Waals surface area contributed by atoms with E-state index in [2.05, 4.69) is 5.32 Å². The Kier molecular flexibility index (Phi) is 6.61. The Bertz CT molecular complexity index is 785. The van der Waals surface area contributed by atoms with Crippen molar-refractivity contribution >= 4 is 29.3 Å². The molecule has 1 aromatic rings. The average molecular weight is 432 g/mol. The molecule has 2 saturated heterocycles. The first kappa shape index (κ1) is 21.2. The van der Waals surface area contributed by atoms with Crippen molar-refractivity contribution in [1.29, 1.82) is 0 Å². The molecular weight excluding hydrogens is 402 g/mol. The second-order valence-corrected chi connectivity index (χ2v) is 9.32. The number of hydrogen-bond acceptors (Lipinski definition) is 3. The van der Waals surface area contributed by atoms with Gasteiger partial charge in [-0.05, 0) is 68.7 Å². The van der Waals surface area contributed by atoms with E-state index in [-0.39, 0.29) is 29.6 Å². The van der Waals surface area contributed by atoms with Gasteiger partial charge in [-0.2, -0.15) is 0 Å². The second kappa shape index (κ2) is 9.38. The van der Waals surface area contributed by atoms with Gasteiger partial charge in [0.25, 0.3) is 5.91 Å². The molecule has 3 aliphatic rings. The van der Waals surface area contributed by atoms with Crippen LogP contribution in [-0.2, 0) is 9.59 Å². The Balaban J connectivity index is 1.26. The van der Waals surface area contributed by atoms with Crippen LogP contribution in [0.15, 0.2) is 24.3 Å². The van der Waals surface area contributed by atoms with Crippen molar-refractivity contribution in [3.63, 3.8) is 0 Å². The lowest BCUT2D eigenvalue weighted by molar-refractivity contribution is -0.140. The fraction of sp³-hybridized carbons (Fsp3) is 0.609. The maximum Gasteiger partial charge on any atom is 0.253 e. The first-order valence-corrected chi connectivity index (χ1v) is 11.5. The van der Waals surface area contributed by atoms with Gasteiger partial charge in [-0.25, -0.2) is 0 Å². The molecular formula is C23H30ClN3O3. The number of carbonyl (C=O) groups is 3. The van der Waals surface area contributed by atoms with Gasteiger partial charge in [0.2, 0.25) is 11.8 Å². The molecule has 0 spiro atoms. The Morgan fingerprint density at radius 2 is 1.60 bits per heavy atom. The van der Waals surface area contributed by atoms with Crippen LogP contribution in [0.5, 0.6) is 0 Å². The monoisotopic (exact) mass is 431 g/mol. The van der Waals surface area contributed by atoms with E-state index in [0.717, 1.165) is 25.9 Å². The fourth-order valence-electron chi connectivity index (χ4n) is 4.47. The number of halogens is 1. The molecule has 2 aliphatic heterocycles. The lowest BCUT2D eigenvalue weighted by Crippen LogP contribution is -2.49. The van der Waals surface area contributed by atoms with Crippen molar-refractivity contribution < 1.29 is 14.4 Å². The lowest BCUT2D eigenvalue weighted by atomic mass is 9.91. The van der Waals surface area contributed by atoms with Crippen LogP contribution in [0.2, 0.25) is 5.02 Å². The van der Waals surface area contributed by atoms with E-state index in [0.29, 0.717) is 49.0 Å². The molecule has 3 fully saturated rings. The molecule has 7 heteroatoms. The van der Waals surface area contributed by atoms with Gasteiger partial charge in [-0.3, -0.25) is 14.4 Å². The largest absolute Gasteiger partial charge is 0.356 e. The van der Waals surface area contributed by atoms with Gasteiger partial charge in [-0.1, -0.05) is 11.6 Å². The summed E-state index contributed by atoms with van der Waals surface area (Å²) in [6, 6.07) is 6.92. The highest BCUT2D eigenvalue weighted by molar-refractivity contribution is 6.30. The summed E-state index contributed by atoms with van der Waals surface area (Å²) >= 11 is 5.90. The summed E-state index contributed by atoms with van der Waals surface area (Å²) in [5, 5.41) is 3.67. The zero-order valence-corrected chi connectivity index (χ0v) is 18.1. The minimum atomic E-state index is -0.0898. The summed E-state index contributed by atoms with van der Waals surface area (Å²) < 4.78 is 0. The normalized spacial score (nSPS) is 22.6. The summed E-state index contributed by atoms with van der Waals surface area (Å²) in [6.07, 6.45) is 5.51. The summed E-state index contributed by atoms with van der Waals surface area (Å²) in [6.45, 7) is 3.20. The molecule has 1 aliphatic carbocycles. The maximum absolute atomic E-state index is 13.1. The maximum atomic E-state index is 13.1. The molecule has 30 heavy (non-hydrogen) atoms. The topological polar surface area (TPSA) is 69.7 Å². The molecule has 0 aromatic heterocycles. The third kappa shape index (κ3) is 5.15. The zero-order chi connectivity index (χ0) is 21.1. The molecule has 2 heterocycles. The van der Waals surface area contributed by atoms with Crippen molar-refractivity contribution in [2.24, 2.45) is 17.8 Å². The van der Waals surface area contributed by atoms with Crippen molar-refractivity contribution in [2.45, 2.75) is 38.5 Å². The number of nitrogens with zero attached hydrogens (tertiary/aromatic N) is 2. The van der Waals surface area contributed by atoms with Gasteiger partial charge in [0, 0.05) is 49.2 Å². The Morgan fingerprint density at radius 1 is 0.900 bits per heavy atom. The van der Waals surface area contributed by atoms with Gasteiger partial charge < -0.3 is 15.1 Å². The van der Waals surface area contributed by atoms with Gasteiger partial charge >= 0.3 is 0 Å². The highest BCUT2D eigenvalue weighted by Crippen LogP contribution is 2.28. The minimum absolute atomic E-state index is 0.0112. The molecule has 1 N–H and O–H groups in total. The van der Waals surface area contributed by atoms with E-state index >= 15 is 0 Å². The van der Waals surface area contributed by atoms with E-state index < -0.39 is 0 Å². The van der Waals surface area contributed by atoms with Crippen LogP contribution in [0.1, 0.15) is 48.9 Å². The SMILES string of the molecule is O=C(NCC1CC1)[C@@H]1CCCN(C(=O)C2CCN(C(=O)c3ccc(Cl)cc3)CC2)C1. The predicted molar refractivity (Wildman–Crippen MR) is 115 cm³/mol. The number of nitrogens with one attached hydrogen (secondary N) is 1. The third-order valence-corrected chi connectivity index (χ3v) is 6.84. The van der Waals surface area contributed by atoms with Crippen LogP contribution in [0.4, 0.5) is 0 Å². The third-order valence-electron chi connectivity index (χ3n) is 6.59. The highest BCUT2D eigenvalue weighted by atomic mass is 35.5. The van der Waals surface area contributed by atoms with E-state index in [9.17, 15) is 14.4 Å². The molecule has 6 nitrogen and oxygen atoms in total. The van der Waals surface area contributed by atoms with Crippen LogP contribution in [0.25, 0.3) is 0 Å². The Morgan fingerprint density at radius 3 is 2.27 bits per heavy atom. The summed E-state index contributed by atoms with van der Waals surface area (Å²) in [4.78, 5) is 41.9. The van der Waals surface area contributed by atoms with Gasteiger partial charge in [0.1, 0.15) is 0 Å². The summed E-state index contributed by atoms with van der Waals surface area (Å²) in [5.41, 5.74) is 0.625. The van der Waals surface area contributed by atoms with E-state index in [4.69, 9.17) is 11.6 Å². The van der Waals surface area contributed by atoms with Crippen LogP contribution in [0.3, 0.4) is 0 Å². The summed E-state index contributed by atoms with van der Waals surface area (Å²) in [7, 11) is 0. The fourth-order valence-corrected chi connectivity index (χ4v) is 4.59. The molecule has 0 bridgehead atoms. The first-order valence-electron chi connectivity index (χ1n) is 11.1. The number of carbonyl (C=O) groups excluding carboxylic acids is 3. The Hall–Kier alpha value is -2.08. The van der Waals surface area contributed by atoms with Crippen molar-refractivity contribution in [3.8, 4) is 0 Å². The van der Waals surface area contributed by atoms with Gasteiger partial charge in [-0.15, -0.1) is 0 Å². The number of rotatable bonds is 5. The number of hydrogen-bond donors (Lipinski definition) is 1.